The molecule has 2 aliphatic rings. The molecule has 2 fully saturated rings. The van der Waals surface area contributed by atoms with Crippen LogP contribution >= 0.6 is 0 Å². The molecule has 1 aromatic heterocycles. The number of amides is 1. The summed E-state index contributed by atoms with van der Waals surface area (Å²) in [7, 11) is 0. The Morgan fingerprint density at radius 2 is 2.33 bits per heavy atom. The molecule has 0 radical (unpaired) electrons. The molecule has 1 saturated heterocycles. The van der Waals surface area contributed by atoms with Gasteiger partial charge in [-0.05, 0) is 26.2 Å². The van der Waals surface area contributed by atoms with Crippen molar-refractivity contribution >= 4 is 5.91 Å². The zero-order valence-corrected chi connectivity index (χ0v) is 12.9. The van der Waals surface area contributed by atoms with E-state index in [4.69, 9.17) is 9.26 Å². The van der Waals surface area contributed by atoms with Crippen LogP contribution in [0.4, 0.5) is 0 Å². The second-order valence-corrected chi connectivity index (χ2v) is 6.17. The van der Waals surface area contributed by atoms with E-state index in [0.29, 0.717) is 18.3 Å². The van der Waals surface area contributed by atoms with Gasteiger partial charge in [0.1, 0.15) is 0 Å². The lowest BCUT2D eigenvalue weighted by atomic mass is 10.2. The normalized spacial score (nSPS) is 28.4. The van der Waals surface area contributed by atoms with Crippen LogP contribution in [0.3, 0.4) is 0 Å². The summed E-state index contributed by atoms with van der Waals surface area (Å²) in [5.41, 5.74) is 0. The predicted octanol–water partition coefficient (Wildman–Crippen LogP) is 2.28. The first kappa shape index (κ1) is 14.5. The fraction of sp³-hybridized carbons (Fsp3) is 0.800. The Bertz CT molecular complexity index is 514. The average Bonchev–Trinajstić information content (AvgIpc) is 2.92. The Labute approximate surface area is 124 Å². The predicted molar refractivity (Wildman–Crippen MR) is 75.6 cm³/mol. The van der Waals surface area contributed by atoms with Crippen molar-refractivity contribution in [2.45, 2.75) is 58.1 Å². The van der Waals surface area contributed by atoms with Gasteiger partial charge in [-0.3, -0.25) is 4.79 Å². The molecule has 2 heterocycles. The smallest absolute Gasteiger partial charge is 0.229 e. The molecule has 0 bridgehead atoms. The summed E-state index contributed by atoms with van der Waals surface area (Å²) in [5, 5.41) is 4.08. The molecule has 1 aliphatic carbocycles. The highest BCUT2D eigenvalue weighted by Gasteiger charge is 2.48. The van der Waals surface area contributed by atoms with Gasteiger partial charge in [-0.2, -0.15) is 4.98 Å². The van der Waals surface area contributed by atoms with E-state index < -0.39 is 0 Å². The molecule has 116 valence electrons. The van der Waals surface area contributed by atoms with Gasteiger partial charge in [0.2, 0.25) is 11.8 Å². The molecule has 0 aromatic carbocycles. The number of likely N-dealkylation sites (tertiary alicyclic amines) is 1. The van der Waals surface area contributed by atoms with Gasteiger partial charge < -0.3 is 14.2 Å². The van der Waals surface area contributed by atoms with E-state index in [-0.39, 0.29) is 29.9 Å². The Morgan fingerprint density at radius 3 is 3.00 bits per heavy atom. The van der Waals surface area contributed by atoms with Gasteiger partial charge in [0.25, 0.3) is 0 Å². The average molecular weight is 293 g/mol. The molecule has 1 saturated carbocycles. The summed E-state index contributed by atoms with van der Waals surface area (Å²) in [6.07, 6.45) is 2.86. The number of aromatic nitrogens is 2. The van der Waals surface area contributed by atoms with Crippen LogP contribution in [0.1, 0.15) is 63.7 Å². The maximum atomic E-state index is 12.6. The number of rotatable bonds is 5. The van der Waals surface area contributed by atoms with Crippen LogP contribution in [0.15, 0.2) is 4.52 Å². The van der Waals surface area contributed by atoms with Crippen molar-refractivity contribution in [3.63, 3.8) is 0 Å². The SMILES string of the molecule is CCO[C@@H]1C[C@H]1C(=O)N1CCC[C@H]1c1noc(C(C)C)n1. The number of carbonyl (C=O) groups excluding carboxylic acids is 1. The molecular formula is C15H23N3O3. The minimum absolute atomic E-state index is 0.0296. The van der Waals surface area contributed by atoms with Crippen LogP contribution in [0.2, 0.25) is 0 Å². The largest absolute Gasteiger partial charge is 0.378 e. The molecular weight excluding hydrogens is 270 g/mol. The maximum Gasteiger partial charge on any atom is 0.229 e. The quantitative estimate of drug-likeness (QED) is 0.833. The van der Waals surface area contributed by atoms with Gasteiger partial charge in [-0.15, -0.1) is 0 Å². The third-order valence-electron chi connectivity index (χ3n) is 4.22. The third-order valence-corrected chi connectivity index (χ3v) is 4.22. The molecule has 1 aliphatic heterocycles. The Morgan fingerprint density at radius 1 is 1.52 bits per heavy atom. The standard InChI is InChI=1S/C15H23N3O3/c1-4-20-12-8-10(12)15(19)18-7-5-6-11(18)13-16-14(9(2)3)21-17-13/h9-12H,4-8H2,1-3H3/t10-,11+,12-/m1/s1. The van der Waals surface area contributed by atoms with Gasteiger partial charge in [0, 0.05) is 19.1 Å². The second-order valence-electron chi connectivity index (χ2n) is 6.17. The number of nitrogens with zero attached hydrogens (tertiary/aromatic N) is 3. The second kappa shape index (κ2) is 5.75. The molecule has 6 nitrogen and oxygen atoms in total. The molecule has 3 rings (SSSR count). The zero-order chi connectivity index (χ0) is 15.0. The lowest BCUT2D eigenvalue weighted by Gasteiger charge is -2.22. The van der Waals surface area contributed by atoms with Crippen LogP contribution in [0.5, 0.6) is 0 Å². The molecule has 6 heteroatoms. The van der Waals surface area contributed by atoms with Gasteiger partial charge in [0.05, 0.1) is 18.1 Å². The summed E-state index contributed by atoms with van der Waals surface area (Å²) in [6.45, 7) is 7.45. The summed E-state index contributed by atoms with van der Waals surface area (Å²) in [4.78, 5) is 18.9. The first-order valence-electron chi connectivity index (χ1n) is 7.87. The van der Waals surface area contributed by atoms with Crippen LogP contribution in [0.25, 0.3) is 0 Å². The summed E-state index contributed by atoms with van der Waals surface area (Å²) in [5.74, 6) is 1.72. The summed E-state index contributed by atoms with van der Waals surface area (Å²) in [6, 6.07) is -0.0309. The van der Waals surface area contributed by atoms with E-state index >= 15 is 0 Å². The molecule has 1 aromatic rings. The highest BCUT2D eigenvalue weighted by Crippen LogP contribution is 2.40. The monoisotopic (exact) mass is 293 g/mol. The molecule has 0 spiro atoms. The van der Waals surface area contributed by atoms with E-state index in [1.165, 1.54) is 0 Å². The van der Waals surface area contributed by atoms with Gasteiger partial charge >= 0.3 is 0 Å². The fourth-order valence-corrected chi connectivity index (χ4v) is 2.96. The number of hydrogen-bond donors (Lipinski definition) is 0. The third kappa shape index (κ3) is 2.81. The van der Waals surface area contributed by atoms with Crippen molar-refractivity contribution in [3.8, 4) is 0 Å². The van der Waals surface area contributed by atoms with E-state index in [9.17, 15) is 4.79 Å². The number of hydrogen-bond acceptors (Lipinski definition) is 5. The van der Waals surface area contributed by atoms with Gasteiger partial charge in [-0.1, -0.05) is 19.0 Å². The van der Waals surface area contributed by atoms with E-state index in [1.54, 1.807) is 0 Å². The molecule has 21 heavy (non-hydrogen) atoms. The summed E-state index contributed by atoms with van der Waals surface area (Å²) < 4.78 is 10.8. The molecule has 0 N–H and O–H groups in total. The highest BCUT2D eigenvalue weighted by molar-refractivity contribution is 5.82. The van der Waals surface area contributed by atoms with Gasteiger partial charge in [0.15, 0.2) is 5.82 Å². The lowest BCUT2D eigenvalue weighted by molar-refractivity contribution is -0.134. The van der Waals surface area contributed by atoms with Crippen molar-refractivity contribution in [1.82, 2.24) is 15.0 Å². The fourth-order valence-electron chi connectivity index (χ4n) is 2.96. The Hall–Kier alpha value is -1.43. The first-order chi connectivity index (χ1) is 10.1. The molecule has 0 unspecified atom stereocenters. The van der Waals surface area contributed by atoms with Crippen LogP contribution in [-0.4, -0.2) is 40.2 Å². The Balaban J connectivity index is 1.69. The van der Waals surface area contributed by atoms with Crippen LogP contribution in [0, 0.1) is 5.92 Å². The minimum Gasteiger partial charge on any atom is -0.378 e. The minimum atomic E-state index is -0.0309. The van der Waals surface area contributed by atoms with E-state index in [2.05, 4.69) is 10.1 Å². The van der Waals surface area contributed by atoms with Crippen molar-refractivity contribution in [3.05, 3.63) is 11.7 Å². The van der Waals surface area contributed by atoms with Crippen LogP contribution in [-0.2, 0) is 9.53 Å². The van der Waals surface area contributed by atoms with Crippen molar-refractivity contribution in [2.75, 3.05) is 13.2 Å². The molecule has 3 atom stereocenters. The summed E-state index contributed by atoms with van der Waals surface area (Å²) >= 11 is 0. The molecule has 1 amide bonds. The Kier molecular flexibility index (Phi) is 3.97. The zero-order valence-electron chi connectivity index (χ0n) is 12.9. The van der Waals surface area contributed by atoms with Crippen molar-refractivity contribution in [2.24, 2.45) is 5.92 Å². The van der Waals surface area contributed by atoms with Crippen molar-refractivity contribution in [1.29, 1.82) is 0 Å². The topological polar surface area (TPSA) is 68.5 Å². The van der Waals surface area contributed by atoms with E-state index in [0.717, 1.165) is 25.8 Å². The maximum absolute atomic E-state index is 12.6. The van der Waals surface area contributed by atoms with Gasteiger partial charge in [-0.25, -0.2) is 0 Å². The first-order valence-corrected chi connectivity index (χ1v) is 7.87. The highest BCUT2D eigenvalue weighted by atomic mass is 16.5. The van der Waals surface area contributed by atoms with Crippen LogP contribution < -0.4 is 0 Å². The van der Waals surface area contributed by atoms with E-state index in [1.807, 2.05) is 25.7 Å². The number of carbonyl (C=O) groups is 1. The number of ether oxygens (including phenoxy) is 1. The van der Waals surface area contributed by atoms with Crippen molar-refractivity contribution < 1.29 is 14.1 Å². The lowest BCUT2D eigenvalue weighted by Crippen LogP contribution is -2.33.